The van der Waals surface area contributed by atoms with Crippen LogP contribution in [0.25, 0.3) is 6.08 Å². The minimum atomic E-state index is -0.483. The number of halogens is 1. The lowest BCUT2D eigenvalue weighted by atomic mass is 9.96. The number of hydrogen-bond acceptors (Lipinski definition) is 5. The van der Waals surface area contributed by atoms with Crippen molar-refractivity contribution in [3.63, 3.8) is 0 Å². The minimum absolute atomic E-state index is 0.0405. The van der Waals surface area contributed by atoms with Crippen LogP contribution >= 0.6 is 11.6 Å². The Morgan fingerprint density at radius 2 is 1.80 bits per heavy atom. The van der Waals surface area contributed by atoms with Gasteiger partial charge in [-0.1, -0.05) is 11.6 Å². The summed E-state index contributed by atoms with van der Waals surface area (Å²) in [4.78, 5) is 38.5. The molecule has 7 nitrogen and oxygen atoms in total. The van der Waals surface area contributed by atoms with Crippen molar-refractivity contribution in [1.29, 1.82) is 0 Å². The molecule has 0 aliphatic carbocycles. The first kappa shape index (κ1) is 19.8. The maximum atomic E-state index is 13.4. The van der Waals surface area contributed by atoms with E-state index >= 15 is 0 Å². The third-order valence-electron chi connectivity index (χ3n) is 5.10. The van der Waals surface area contributed by atoms with Crippen LogP contribution < -0.4 is 5.32 Å². The monoisotopic (exact) mass is 423 g/mol. The number of fused-ring (bicyclic) bond motifs is 1. The molecule has 1 fully saturated rings. The third kappa shape index (κ3) is 3.71. The number of amides is 1. The molecule has 0 atom stereocenters. The maximum Gasteiger partial charge on any atom is 0.269 e. The van der Waals surface area contributed by atoms with E-state index in [2.05, 4.69) is 5.32 Å². The molecule has 4 rings (SSSR count). The van der Waals surface area contributed by atoms with Gasteiger partial charge in [-0.15, -0.1) is 0 Å². The van der Waals surface area contributed by atoms with Crippen LogP contribution in [-0.4, -0.2) is 34.6 Å². The molecule has 0 unspecified atom stereocenters. The predicted octanol–water partition coefficient (Wildman–Crippen LogP) is 3.95. The third-order valence-corrected chi connectivity index (χ3v) is 5.35. The van der Waals surface area contributed by atoms with Gasteiger partial charge in [-0.3, -0.25) is 24.6 Å². The van der Waals surface area contributed by atoms with Crippen molar-refractivity contribution in [2.75, 3.05) is 13.1 Å². The van der Waals surface area contributed by atoms with Gasteiger partial charge in [0.15, 0.2) is 5.78 Å². The van der Waals surface area contributed by atoms with Crippen LogP contribution in [0.5, 0.6) is 0 Å². The molecular formula is C22H18ClN3O4. The van der Waals surface area contributed by atoms with Crippen LogP contribution in [0.1, 0.15) is 28.8 Å². The second-order valence-electron chi connectivity index (χ2n) is 7.06. The van der Waals surface area contributed by atoms with Crippen molar-refractivity contribution in [3.8, 4) is 0 Å². The van der Waals surface area contributed by atoms with Crippen LogP contribution in [-0.2, 0) is 4.79 Å². The molecule has 2 heterocycles. The zero-order valence-corrected chi connectivity index (χ0v) is 16.7. The number of nitrogens with zero attached hydrogens (tertiary/aromatic N) is 2. The number of non-ortho nitro benzene ring substituents is 1. The van der Waals surface area contributed by atoms with E-state index < -0.39 is 4.92 Å². The maximum absolute atomic E-state index is 13.4. The first-order chi connectivity index (χ1) is 14.5. The molecule has 0 aromatic heterocycles. The zero-order chi connectivity index (χ0) is 21.3. The Bertz CT molecular complexity index is 1090. The summed E-state index contributed by atoms with van der Waals surface area (Å²) in [6.07, 6.45) is 3.34. The fourth-order valence-electron chi connectivity index (χ4n) is 3.58. The molecule has 2 aliphatic rings. The second kappa shape index (κ2) is 8.12. The Labute approximate surface area is 177 Å². The standard InChI is InChI=1S/C22H18ClN3O4/c23-16-7-5-15(6-8-16)20(27)19-18(13-14-3-9-17(10-4-14)26(29)30)22(28)25-12-2-1-11-24-21(19)25/h3-10,13,24H,1-2,11-12H2/b18-13+. The molecule has 1 N–H and O–H groups in total. The van der Waals surface area contributed by atoms with Crippen LogP contribution in [0.15, 0.2) is 65.5 Å². The van der Waals surface area contributed by atoms with Gasteiger partial charge in [-0.2, -0.15) is 0 Å². The minimum Gasteiger partial charge on any atom is -0.371 e. The summed E-state index contributed by atoms with van der Waals surface area (Å²) < 4.78 is 0. The normalized spacial score (nSPS) is 17.6. The number of rotatable bonds is 4. The number of carbonyl (C=O) groups excluding carboxylic acids is 2. The van der Waals surface area contributed by atoms with E-state index in [-0.39, 0.29) is 23.0 Å². The molecule has 2 aliphatic heterocycles. The quantitative estimate of drug-likeness (QED) is 0.348. The molecule has 8 heteroatoms. The van der Waals surface area contributed by atoms with Crippen molar-refractivity contribution < 1.29 is 14.5 Å². The first-order valence-electron chi connectivity index (χ1n) is 9.52. The van der Waals surface area contributed by atoms with Crippen molar-refractivity contribution in [3.05, 3.63) is 91.8 Å². The molecule has 0 bridgehead atoms. The summed E-state index contributed by atoms with van der Waals surface area (Å²) in [6, 6.07) is 12.4. The number of nitro groups is 1. The van der Waals surface area contributed by atoms with Gasteiger partial charge in [0.05, 0.1) is 16.1 Å². The second-order valence-corrected chi connectivity index (χ2v) is 7.49. The molecule has 2 aromatic carbocycles. The van der Waals surface area contributed by atoms with Crippen molar-refractivity contribution in [1.82, 2.24) is 10.2 Å². The summed E-state index contributed by atoms with van der Waals surface area (Å²) in [5.74, 6) is -0.0132. The van der Waals surface area contributed by atoms with E-state index in [0.29, 0.717) is 40.6 Å². The van der Waals surface area contributed by atoms with E-state index in [4.69, 9.17) is 11.6 Å². The molecule has 152 valence electrons. The highest BCUT2D eigenvalue weighted by atomic mass is 35.5. The number of nitrogens with one attached hydrogen (secondary N) is 1. The Balaban J connectivity index is 1.80. The molecule has 0 saturated carbocycles. The Morgan fingerprint density at radius 3 is 2.47 bits per heavy atom. The van der Waals surface area contributed by atoms with Crippen molar-refractivity contribution >= 4 is 35.1 Å². The molecule has 0 spiro atoms. The van der Waals surface area contributed by atoms with E-state index in [9.17, 15) is 19.7 Å². The van der Waals surface area contributed by atoms with E-state index in [1.807, 2.05) is 0 Å². The van der Waals surface area contributed by atoms with Crippen LogP contribution in [0.2, 0.25) is 5.02 Å². The highest BCUT2D eigenvalue weighted by Crippen LogP contribution is 2.33. The molecular weight excluding hydrogens is 406 g/mol. The molecule has 30 heavy (non-hydrogen) atoms. The van der Waals surface area contributed by atoms with Crippen LogP contribution in [0.4, 0.5) is 5.69 Å². The number of nitro benzene ring substituents is 1. The molecule has 0 radical (unpaired) electrons. The summed E-state index contributed by atoms with van der Waals surface area (Å²) >= 11 is 5.95. The van der Waals surface area contributed by atoms with E-state index in [1.165, 1.54) is 12.1 Å². The molecule has 1 amide bonds. The lowest BCUT2D eigenvalue weighted by molar-refractivity contribution is -0.384. The van der Waals surface area contributed by atoms with Gasteiger partial charge in [0, 0.05) is 35.8 Å². The summed E-state index contributed by atoms with van der Waals surface area (Å²) in [6.45, 7) is 1.19. The number of ketones is 1. The Kier molecular flexibility index (Phi) is 5.37. The molecule has 2 aromatic rings. The fourth-order valence-corrected chi connectivity index (χ4v) is 3.71. The van der Waals surface area contributed by atoms with Crippen LogP contribution in [0.3, 0.4) is 0 Å². The Hall–Kier alpha value is -3.45. The predicted molar refractivity (Wildman–Crippen MR) is 113 cm³/mol. The summed E-state index contributed by atoms with van der Waals surface area (Å²) in [7, 11) is 0. The Morgan fingerprint density at radius 1 is 1.10 bits per heavy atom. The van der Waals surface area contributed by atoms with E-state index in [1.54, 1.807) is 47.4 Å². The van der Waals surface area contributed by atoms with Gasteiger partial charge in [-0.25, -0.2) is 0 Å². The lowest BCUT2D eigenvalue weighted by Crippen LogP contribution is -2.31. The van der Waals surface area contributed by atoms with Gasteiger partial charge in [-0.05, 0) is 60.9 Å². The average molecular weight is 424 g/mol. The first-order valence-corrected chi connectivity index (χ1v) is 9.90. The highest BCUT2D eigenvalue weighted by Gasteiger charge is 2.39. The molecule has 1 saturated heterocycles. The van der Waals surface area contributed by atoms with Gasteiger partial charge in [0.1, 0.15) is 5.82 Å². The van der Waals surface area contributed by atoms with Crippen molar-refractivity contribution in [2.24, 2.45) is 0 Å². The number of carbonyl (C=O) groups is 2. The van der Waals surface area contributed by atoms with E-state index in [0.717, 1.165) is 12.8 Å². The van der Waals surface area contributed by atoms with Gasteiger partial charge < -0.3 is 5.32 Å². The summed E-state index contributed by atoms with van der Waals surface area (Å²) in [5, 5.41) is 14.6. The number of Topliss-reactive ketones (excluding diaryl/α,β-unsaturated/α-hetero) is 1. The van der Waals surface area contributed by atoms with Crippen molar-refractivity contribution in [2.45, 2.75) is 12.8 Å². The zero-order valence-electron chi connectivity index (χ0n) is 15.9. The van der Waals surface area contributed by atoms with Gasteiger partial charge >= 0.3 is 0 Å². The van der Waals surface area contributed by atoms with Gasteiger partial charge in [0.25, 0.3) is 11.6 Å². The fraction of sp³-hybridized carbons (Fsp3) is 0.182. The number of hydrogen-bond donors (Lipinski definition) is 1. The lowest BCUT2D eigenvalue weighted by Gasteiger charge is -2.17. The summed E-state index contributed by atoms with van der Waals surface area (Å²) in [5.41, 5.74) is 1.57. The SMILES string of the molecule is O=C(C1=C2NCCCCN2C(=O)/C1=C/c1ccc([N+](=O)[O-])cc1)c1ccc(Cl)cc1. The largest absolute Gasteiger partial charge is 0.371 e. The van der Waals surface area contributed by atoms with Gasteiger partial charge in [0.2, 0.25) is 0 Å². The smallest absolute Gasteiger partial charge is 0.269 e. The average Bonchev–Trinajstić information content (AvgIpc) is 2.89. The van der Waals surface area contributed by atoms with Crippen LogP contribution in [0, 0.1) is 10.1 Å². The highest BCUT2D eigenvalue weighted by molar-refractivity contribution is 6.31. The number of benzene rings is 2. The topological polar surface area (TPSA) is 92.6 Å².